The molecule has 0 spiro atoms. The standard InChI is InChI=1S/C14H16OS/c1-3-11-6-8-12(9-7-11)14(2,15)13-5-4-10-16-13/h4-10,15H,3H2,1-2H3. The Labute approximate surface area is 100 Å². The van der Waals surface area contributed by atoms with Gasteiger partial charge in [0, 0.05) is 4.88 Å². The predicted octanol–water partition coefficient (Wildman–Crippen LogP) is 3.57. The SMILES string of the molecule is CCc1ccc(C(C)(O)c2cccs2)cc1. The van der Waals surface area contributed by atoms with Crippen LogP contribution in [-0.4, -0.2) is 5.11 Å². The van der Waals surface area contributed by atoms with Crippen molar-refractivity contribution < 1.29 is 5.11 Å². The molecule has 1 atom stereocenters. The third kappa shape index (κ3) is 2.04. The maximum Gasteiger partial charge on any atom is 0.121 e. The smallest absolute Gasteiger partial charge is 0.121 e. The summed E-state index contributed by atoms with van der Waals surface area (Å²) in [5.74, 6) is 0. The third-order valence-electron chi connectivity index (χ3n) is 2.93. The van der Waals surface area contributed by atoms with Gasteiger partial charge in [-0.2, -0.15) is 0 Å². The average Bonchev–Trinajstić information content (AvgIpc) is 2.83. The summed E-state index contributed by atoms with van der Waals surface area (Å²) in [7, 11) is 0. The second-order valence-corrected chi connectivity index (χ2v) is 5.05. The zero-order chi connectivity index (χ0) is 11.6. The number of hydrogen-bond acceptors (Lipinski definition) is 2. The van der Waals surface area contributed by atoms with Gasteiger partial charge in [-0.1, -0.05) is 37.3 Å². The van der Waals surface area contributed by atoms with E-state index in [4.69, 9.17) is 0 Å². The molecule has 0 aliphatic heterocycles. The lowest BCUT2D eigenvalue weighted by atomic mass is 9.93. The summed E-state index contributed by atoms with van der Waals surface area (Å²) < 4.78 is 0. The van der Waals surface area contributed by atoms with Crippen molar-refractivity contribution in [3.63, 3.8) is 0 Å². The molecule has 1 unspecified atom stereocenters. The number of aliphatic hydroxyl groups is 1. The lowest BCUT2D eigenvalue weighted by Crippen LogP contribution is -2.21. The van der Waals surface area contributed by atoms with E-state index in [1.165, 1.54) is 5.56 Å². The van der Waals surface area contributed by atoms with Crippen LogP contribution in [0.3, 0.4) is 0 Å². The Balaban J connectivity index is 2.35. The van der Waals surface area contributed by atoms with E-state index in [2.05, 4.69) is 19.1 Å². The third-order valence-corrected chi connectivity index (χ3v) is 4.01. The normalized spacial score (nSPS) is 14.7. The van der Waals surface area contributed by atoms with Crippen molar-refractivity contribution in [1.82, 2.24) is 0 Å². The maximum atomic E-state index is 10.5. The summed E-state index contributed by atoms with van der Waals surface area (Å²) in [6.07, 6.45) is 1.03. The van der Waals surface area contributed by atoms with Gasteiger partial charge in [0.15, 0.2) is 0 Å². The summed E-state index contributed by atoms with van der Waals surface area (Å²) in [6, 6.07) is 12.1. The van der Waals surface area contributed by atoms with E-state index in [0.29, 0.717) is 0 Å². The van der Waals surface area contributed by atoms with Gasteiger partial charge in [0.2, 0.25) is 0 Å². The zero-order valence-electron chi connectivity index (χ0n) is 9.60. The van der Waals surface area contributed by atoms with Gasteiger partial charge in [0.25, 0.3) is 0 Å². The molecule has 0 aliphatic rings. The van der Waals surface area contributed by atoms with Gasteiger partial charge < -0.3 is 5.11 Å². The van der Waals surface area contributed by atoms with Crippen molar-refractivity contribution in [3.05, 3.63) is 57.8 Å². The molecule has 84 valence electrons. The fourth-order valence-electron chi connectivity index (χ4n) is 1.76. The van der Waals surface area contributed by atoms with Gasteiger partial charge in [0.1, 0.15) is 5.60 Å². The Bertz CT molecular complexity index is 440. The highest BCUT2D eigenvalue weighted by Gasteiger charge is 2.26. The highest BCUT2D eigenvalue weighted by molar-refractivity contribution is 7.10. The quantitative estimate of drug-likeness (QED) is 0.857. The summed E-state index contributed by atoms with van der Waals surface area (Å²) in [4.78, 5) is 0.983. The van der Waals surface area contributed by atoms with E-state index in [1.54, 1.807) is 11.3 Å². The maximum absolute atomic E-state index is 10.5. The molecule has 1 nitrogen and oxygen atoms in total. The fourth-order valence-corrected chi connectivity index (χ4v) is 2.57. The molecular formula is C14H16OS. The van der Waals surface area contributed by atoms with Crippen LogP contribution in [0.5, 0.6) is 0 Å². The molecule has 2 rings (SSSR count). The van der Waals surface area contributed by atoms with Crippen LogP contribution in [0.25, 0.3) is 0 Å². The van der Waals surface area contributed by atoms with Crippen LogP contribution in [0.2, 0.25) is 0 Å². The molecule has 0 radical (unpaired) electrons. The van der Waals surface area contributed by atoms with Crippen molar-refractivity contribution >= 4 is 11.3 Å². The fraction of sp³-hybridized carbons (Fsp3) is 0.286. The van der Waals surface area contributed by atoms with Crippen molar-refractivity contribution in [2.75, 3.05) is 0 Å². The Hall–Kier alpha value is -1.12. The van der Waals surface area contributed by atoms with Gasteiger partial charge in [-0.25, -0.2) is 0 Å². The first-order valence-corrected chi connectivity index (χ1v) is 6.38. The number of thiophene rings is 1. The van der Waals surface area contributed by atoms with E-state index < -0.39 is 5.60 Å². The number of rotatable bonds is 3. The minimum Gasteiger partial charge on any atom is -0.380 e. The van der Waals surface area contributed by atoms with E-state index in [1.807, 2.05) is 36.6 Å². The molecule has 2 aromatic rings. The van der Waals surface area contributed by atoms with Crippen LogP contribution >= 0.6 is 11.3 Å². The zero-order valence-corrected chi connectivity index (χ0v) is 10.4. The molecule has 0 aliphatic carbocycles. The van der Waals surface area contributed by atoms with E-state index >= 15 is 0 Å². The Kier molecular flexibility index (Phi) is 3.13. The monoisotopic (exact) mass is 232 g/mol. The molecule has 0 amide bonds. The lowest BCUT2D eigenvalue weighted by molar-refractivity contribution is 0.106. The van der Waals surface area contributed by atoms with Crippen LogP contribution in [0.1, 0.15) is 29.9 Å². The average molecular weight is 232 g/mol. The molecule has 0 bridgehead atoms. The first-order chi connectivity index (χ1) is 7.64. The molecule has 1 aromatic heterocycles. The molecule has 0 fully saturated rings. The number of hydrogen-bond donors (Lipinski definition) is 1. The molecule has 0 saturated heterocycles. The highest BCUT2D eigenvalue weighted by Crippen LogP contribution is 2.32. The second-order valence-electron chi connectivity index (χ2n) is 4.10. The summed E-state index contributed by atoms with van der Waals surface area (Å²) in [5.41, 5.74) is 1.37. The molecule has 1 aromatic carbocycles. The Morgan fingerprint density at radius 2 is 1.88 bits per heavy atom. The van der Waals surface area contributed by atoms with Crippen LogP contribution in [0, 0.1) is 0 Å². The predicted molar refractivity (Wildman–Crippen MR) is 68.8 cm³/mol. The summed E-state index contributed by atoms with van der Waals surface area (Å²) >= 11 is 1.58. The summed E-state index contributed by atoms with van der Waals surface area (Å²) in [5, 5.41) is 12.5. The van der Waals surface area contributed by atoms with Gasteiger partial charge in [-0.3, -0.25) is 0 Å². The van der Waals surface area contributed by atoms with Crippen molar-refractivity contribution in [2.24, 2.45) is 0 Å². The van der Waals surface area contributed by atoms with Gasteiger partial charge in [-0.15, -0.1) is 11.3 Å². The minimum absolute atomic E-state index is 0.875. The number of aryl methyl sites for hydroxylation is 1. The lowest BCUT2D eigenvalue weighted by Gasteiger charge is -2.22. The Morgan fingerprint density at radius 1 is 1.19 bits per heavy atom. The first kappa shape index (κ1) is 11.4. The van der Waals surface area contributed by atoms with Crippen LogP contribution < -0.4 is 0 Å². The largest absolute Gasteiger partial charge is 0.380 e. The van der Waals surface area contributed by atoms with Gasteiger partial charge in [-0.05, 0) is 35.9 Å². The molecular weight excluding hydrogens is 216 g/mol. The van der Waals surface area contributed by atoms with E-state index in [9.17, 15) is 5.11 Å². The van der Waals surface area contributed by atoms with Crippen LogP contribution in [0.4, 0.5) is 0 Å². The minimum atomic E-state index is -0.875. The Morgan fingerprint density at radius 3 is 2.38 bits per heavy atom. The second kappa shape index (κ2) is 4.40. The molecule has 2 heteroatoms. The van der Waals surface area contributed by atoms with E-state index in [0.717, 1.165) is 16.9 Å². The first-order valence-electron chi connectivity index (χ1n) is 5.50. The van der Waals surface area contributed by atoms with Crippen molar-refractivity contribution in [3.8, 4) is 0 Å². The molecule has 16 heavy (non-hydrogen) atoms. The van der Waals surface area contributed by atoms with Crippen LogP contribution in [0.15, 0.2) is 41.8 Å². The topological polar surface area (TPSA) is 20.2 Å². The van der Waals surface area contributed by atoms with Gasteiger partial charge >= 0.3 is 0 Å². The summed E-state index contributed by atoms with van der Waals surface area (Å²) in [6.45, 7) is 3.98. The molecule has 1 heterocycles. The van der Waals surface area contributed by atoms with Crippen molar-refractivity contribution in [1.29, 1.82) is 0 Å². The highest BCUT2D eigenvalue weighted by atomic mass is 32.1. The van der Waals surface area contributed by atoms with Crippen molar-refractivity contribution in [2.45, 2.75) is 25.9 Å². The van der Waals surface area contributed by atoms with Crippen LogP contribution in [-0.2, 0) is 12.0 Å². The van der Waals surface area contributed by atoms with Gasteiger partial charge in [0.05, 0.1) is 0 Å². The number of benzene rings is 1. The van der Waals surface area contributed by atoms with E-state index in [-0.39, 0.29) is 0 Å². The molecule has 1 N–H and O–H groups in total. The molecule has 0 saturated carbocycles.